The Hall–Kier alpha value is -1.55. The highest BCUT2D eigenvalue weighted by Gasteiger charge is 2.12. The molecule has 0 aliphatic carbocycles. The summed E-state index contributed by atoms with van der Waals surface area (Å²) >= 11 is 1.53. The molecule has 2 rings (SSSR count). The summed E-state index contributed by atoms with van der Waals surface area (Å²) in [7, 11) is 0. The molecule has 3 nitrogen and oxygen atoms in total. The van der Waals surface area contributed by atoms with E-state index in [9.17, 15) is 9.90 Å². The van der Waals surface area contributed by atoms with Gasteiger partial charge in [0.2, 0.25) is 0 Å². The van der Waals surface area contributed by atoms with Crippen molar-refractivity contribution >= 4 is 27.4 Å². The lowest BCUT2D eigenvalue weighted by molar-refractivity contribution is -0.142. The van der Waals surface area contributed by atoms with Crippen molar-refractivity contribution in [1.29, 1.82) is 0 Å². The SMILES string of the molecule is CCOC(=O)Cc1csc2cc(O)cc(C)c12. The van der Waals surface area contributed by atoms with Crippen LogP contribution in [0.4, 0.5) is 0 Å². The van der Waals surface area contributed by atoms with Gasteiger partial charge < -0.3 is 9.84 Å². The molecule has 1 N–H and O–H groups in total. The number of esters is 1. The number of phenols is 1. The predicted molar refractivity (Wildman–Crippen MR) is 68.6 cm³/mol. The van der Waals surface area contributed by atoms with Gasteiger partial charge in [-0.2, -0.15) is 0 Å². The Balaban J connectivity index is 2.39. The number of phenolic OH excluding ortho intramolecular Hbond substituents is 1. The third-order valence-corrected chi connectivity index (χ3v) is 3.55. The molecule has 90 valence electrons. The van der Waals surface area contributed by atoms with Gasteiger partial charge >= 0.3 is 5.97 Å². The summed E-state index contributed by atoms with van der Waals surface area (Å²) in [6, 6.07) is 3.44. The van der Waals surface area contributed by atoms with Gasteiger partial charge in [0.25, 0.3) is 0 Å². The first kappa shape index (κ1) is 11.9. The lowest BCUT2D eigenvalue weighted by Gasteiger charge is -2.03. The number of fused-ring (bicyclic) bond motifs is 1. The summed E-state index contributed by atoms with van der Waals surface area (Å²) < 4.78 is 5.95. The quantitative estimate of drug-likeness (QED) is 0.852. The fraction of sp³-hybridized carbons (Fsp3) is 0.308. The average molecular weight is 250 g/mol. The summed E-state index contributed by atoms with van der Waals surface area (Å²) in [5, 5.41) is 12.5. The number of hydrogen-bond acceptors (Lipinski definition) is 4. The van der Waals surface area contributed by atoms with Crippen molar-refractivity contribution in [3.8, 4) is 5.75 Å². The number of ether oxygens (including phenoxy) is 1. The maximum Gasteiger partial charge on any atom is 0.310 e. The van der Waals surface area contributed by atoms with E-state index in [0.29, 0.717) is 13.0 Å². The van der Waals surface area contributed by atoms with E-state index in [0.717, 1.165) is 21.2 Å². The summed E-state index contributed by atoms with van der Waals surface area (Å²) in [6.45, 7) is 4.14. The monoisotopic (exact) mass is 250 g/mol. The molecule has 0 aliphatic heterocycles. The van der Waals surface area contributed by atoms with Gasteiger partial charge in [-0.15, -0.1) is 11.3 Å². The molecule has 1 aromatic carbocycles. The van der Waals surface area contributed by atoms with Crippen molar-refractivity contribution in [2.75, 3.05) is 6.61 Å². The molecule has 0 bridgehead atoms. The van der Waals surface area contributed by atoms with Crippen molar-refractivity contribution in [2.24, 2.45) is 0 Å². The maximum absolute atomic E-state index is 11.5. The number of benzene rings is 1. The van der Waals surface area contributed by atoms with Gasteiger partial charge in [-0.1, -0.05) is 0 Å². The molecule has 0 spiro atoms. The van der Waals surface area contributed by atoms with Crippen molar-refractivity contribution in [1.82, 2.24) is 0 Å². The number of hydrogen-bond donors (Lipinski definition) is 1. The molecule has 0 saturated heterocycles. The van der Waals surface area contributed by atoms with Gasteiger partial charge in [0.15, 0.2) is 0 Å². The van der Waals surface area contributed by atoms with Crippen LogP contribution in [-0.2, 0) is 16.0 Å². The van der Waals surface area contributed by atoms with E-state index in [1.165, 1.54) is 11.3 Å². The van der Waals surface area contributed by atoms with Crippen LogP contribution in [0.3, 0.4) is 0 Å². The zero-order valence-electron chi connectivity index (χ0n) is 9.82. The number of rotatable bonds is 3. The number of carbonyl (C=O) groups excluding carboxylic acids is 1. The second-order valence-corrected chi connectivity index (χ2v) is 4.79. The fourth-order valence-electron chi connectivity index (χ4n) is 1.93. The van der Waals surface area contributed by atoms with Gasteiger partial charge in [-0.25, -0.2) is 0 Å². The number of aryl methyl sites for hydroxylation is 1. The summed E-state index contributed by atoms with van der Waals surface area (Å²) in [5.74, 6) is 0.0548. The molecular formula is C13H14O3S. The second kappa shape index (κ2) is 4.75. The second-order valence-electron chi connectivity index (χ2n) is 3.88. The van der Waals surface area contributed by atoms with Crippen molar-refractivity contribution in [2.45, 2.75) is 20.3 Å². The molecule has 0 radical (unpaired) electrons. The highest BCUT2D eigenvalue weighted by Crippen LogP contribution is 2.32. The van der Waals surface area contributed by atoms with Crippen molar-refractivity contribution in [3.63, 3.8) is 0 Å². The van der Waals surface area contributed by atoms with Crippen LogP contribution < -0.4 is 0 Å². The number of carbonyl (C=O) groups is 1. The standard InChI is InChI=1S/C13H14O3S/c1-3-16-12(15)5-9-7-17-11-6-10(14)4-8(2)13(9)11/h4,6-7,14H,3,5H2,1-2H3. The third kappa shape index (κ3) is 2.42. The maximum atomic E-state index is 11.5. The van der Waals surface area contributed by atoms with E-state index < -0.39 is 0 Å². The van der Waals surface area contributed by atoms with Crippen LogP contribution in [0.25, 0.3) is 10.1 Å². The Morgan fingerprint density at radius 3 is 2.94 bits per heavy atom. The van der Waals surface area contributed by atoms with Crippen molar-refractivity contribution < 1.29 is 14.6 Å². The van der Waals surface area contributed by atoms with Crippen LogP contribution >= 0.6 is 11.3 Å². The Labute approximate surface area is 104 Å². The van der Waals surface area contributed by atoms with E-state index in [-0.39, 0.29) is 11.7 Å². The first-order valence-corrected chi connectivity index (χ1v) is 6.35. The van der Waals surface area contributed by atoms with E-state index in [1.54, 1.807) is 19.1 Å². The molecule has 0 fully saturated rings. The van der Waals surface area contributed by atoms with Gasteiger partial charge in [-0.05, 0) is 47.9 Å². The molecule has 0 unspecified atom stereocenters. The van der Waals surface area contributed by atoms with Crippen LogP contribution in [0.15, 0.2) is 17.5 Å². The molecule has 0 atom stereocenters. The number of thiophene rings is 1. The lowest BCUT2D eigenvalue weighted by Crippen LogP contribution is -2.07. The van der Waals surface area contributed by atoms with E-state index in [4.69, 9.17) is 4.74 Å². The van der Waals surface area contributed by atoms with Gasteiger partial charge in [0, 0.05) is 4.70 Å². The summed E-state index contributed by atoms with van der Waals surface area (Å²) in [4.78, 5) is 11.5. The average Bonchev–Trinajstić information content (AvgIpc) is 2.61. The van der Waals surface area contributed by atoms with Gasteiger partial charge in [0.05, 0.1) is 13.0 Å². The van der Waals surface area contributed by atoms with E-state index >= 15 is 0 Å². The van der Waals surface area contributed by atoms with Gasteiger partial charge in [0.1, 0.15) is 5.75 Å². The Morgan fingerprint density at radius 2 is 2.24 bits per heavy atom. The van der Waals surface area contributed by atoms with Crippen LogP contribution in [-0.4, -0.2) is 17.7 Å². The molecular weight excluding hydrogens is 236 g/mol. The Bertz CT molecular complexity index is 557. The largest absolute Gasteiger partial charge is 0.508 e. The van der Waals surface area contributed by atoms with Crippen LogP contribution in [0, 0.1) is 6.92 Å². The molecule has 0 amide bonds. The molecule has 1 aromatic heterocycles. The Morgan fingerprint density at radius 1 is 1.47 bits per heavy atom. The van der Waals surface area contributed by atoms with Crippen molar-refractivity contribution in [3.05, 3.63) is 28.6 Å². The van der Waals surface area contributed by atoms with Crippen LogP contribution in [0.5, 0.6) is 5.75 Å². The highest BCUT2D eigenvalue weighted by molar-refractivity contribution is 7.17. The highest BCUT2D eigenvalue weighted by atomic mass is 32.1. The fourth-order valence-corrected chi connectivity index (χ4v) is 3.00. The predicted octanol–water partition coefficient (Wildman–Crippen LogP) is 3.02. The summed E-state index contributed by atoms with van der Waals surface area (Å²) in [5.41, 5.74) is 1.96. The minimum Gasteiger partial charge on any atom is -0.508 e. The zero-order valence-corrected chi connectivity index (χ0v) is 10.6. The normalized spacial score (nSPS) is 10.7. The minimum absolute atomic E-state index is 0.209. The topological polar surface area (TPSA) is 46.5 Å². The first-order chi connectivity index (χ1) is 8.11. The molecule has 0 aliphatic rings. The molecule has 17 heavy (non-hydrogen) atoms. The third-order valence-electron chi connectivity index (χ3n) is 2.57. The van der Waals surface area contributed by atoms with E-state index in [2.05, 4.69) is 0 Å². The van der Waals surface area contributed by atoms with E-state index in [1.807, 2.05) is 12.3 Å². The molecule has 4 heteroatoms. The van der Waals surface area contributed by atoms with Crippen LogP contribution in [0.1, 0.15) is 18.1 Å². The summed E-state index contributed by atoms with van der Waals surface area (Å²) in [6.07, 6.45) is 0.291. The molecule has 0 saturated carbocycles. The number of aromatic hydroxyl groups is 1. The smallest absolute Gasteiger partial charge is 0.310 e. The first-order valence-electron chi connectivity index (χ1n) is 5.47. The minimum atomic E-state index is -0.209. The Kier molecular flexibility index (Phi) is 3.33. The molecule has 1 heterocycles. The zero-order chi connectivity index (χ0) is 12.4. The molecule has 2 aromatic rings. The van der Waals surface area contributed by atoms with Gasteiger partial charge in [-0.3, -0.25) is 4.79 Å². The van der Waals surface area contributed by atoms with Crippen LogP contribution in [0.2, 0.25) is 0 Å². The lowest BCUT2D eigenvalue weighted by atomic mass is 10.1.